The van der Waals surface area contributed by atoms with Crippen LogP contribution in [0.15, 0.2) is 54.7 Å². The van der Waals surface area contributed by atoms with Gasteiger partial charge in [0.1, 0.15) is 0 Å². The molecule has 0 saturated heterocycles. The Hall–Kier alpha value is -2.99. The number of hydrogen-bond donors (Lipinski definition) is 3. The normalized spacial score (nSPS) is 20.2. The largest absolute Gasteiger partial charge is 0.393 e. The van der Waals surface area contributed by atoms with E-state index < -0.39 is 0 Å². The van der Waals surface area contributed by atoms with Crippen LogP contribution in [0.4, 0.5) is 5.95 Å². The molecule has 6 heteroatoms. The van der Waals surface area contributed by atoms with Gasteiger partial charge in [-0.25, -0.2) is 9.97 Å². The van der Waals surface area contributed by atoms with Crippen LogP contribution in [0.1, 0.15) is 54.6 Å². The number of aromatic nitrogens is 2. The van der Waals surface area contributed by atoms with Gasteiger partial charge >= 0.3 is 0 Å². The van der Waals surface area contributed by atoms with Gasteiger partial charge in [0.2, 0.25) is 5.95 Å². The highest BCUT2D eigenvalue weighted by Crippen LogP contribution is 2.22. The van der Waals surface area contributed by atoms with E-state index in [1.165, 1.54) is 0 Å². The third kappa shape index (κ3) is 4.71. The molecular weight excluding hydrogens is 364 g/mol. The summed E-state index contributed by atoms with van der Waals surface area (Å²) < 4.78 is 0. The van der Waals surface area contributed by atoms with Crippen molar-refractivity contribution in [3.05, 3.63) is 65.9 Å². The van der Waals surface area contributed by atoms with Crippen molar-refractivity contribution in [2.45, 2.75) is 50.8 Å². The number of nitrogens with one attached hydrogen (secondary N) is 2. The highest BCUT2D eigenvalue weighted by molar-refractivity contribution is 5.98. The Morgan fingerprint density at radius 2 is 1.86 bits per heavy atom. The third-order valence-corrected chi connectivity index (χ3v) is 5.52. The fourth-order valence-electron chi connectivity index (χ4n) is 3.74. The summed E-state index contributed by atoms with van der Waals surface area (Å²) in [6.07, 6.45) is 5.00. The second-order valence-electron chi connectivity index (χ2n) is 7.72. The Morgan fingerprint density at radius 1 is 1.10 bits per heavy atom. The van der Waals surface area contributed by atoms with Gasteiger partial charge in [0.05, 0.1) is 17.7 Å². The molecule has 2 aromatic carbocycles. The van der Waals surface area contributed by atoms with Crippen LogP contribution in [-0.4, -0.2) is 33.1 Å². The van der Waals surface area contributed by atoms with E-state index in [-0.39, 0.29) is 24.1 Å². The highest BCUT2D eigenvalue weighted by atomic mass is 16.3. The molecular formula is C23H26N4O2. The molecule has 1 aliphatic rings. The lowest BCUT2D eigenvalue weighted by atomic mass is 9.93. The number of benzene rings is 2. The van der Waals surface area contributed by atoms with E-state index in [0.717, 1.165) is 42.1 Å². The maximum atomic E-state index is 12.7. The molecule has 29 heavy (non-hydrogen) atoms. The number of aliphatic hydroxyl groups is 1. The molecule has 3 N–H and O–H groups in total. The molecule has 0 aliphatic heterocycles. The summed E-state index contributed by atoms with van der Waals surface area (Å²) in [5.74, 6) is 0.437. The fourth-order valence-corrected chi connectivity index (χ4v) is 3.74. The van der Waals surface area contributed by atoms with Gasteiger partial charge in [-0.15, -0.1) is 0 Å². The van der Waals surface area contributed by atoms with Crippen LogP contribution in [0.2, 0.25) is 0 Å². The van der Waals surface area contributed by atoms with Crippen LogP contribution >= 0.6 is 0 Å². The summed E-state index contributed by atoms with van der Waals surface area (Å²) in [7, 11) is 0. The first-order valence-corrected chi connectivity index (χ1v) is 10.2. The molecule has 4 rings (SSSR count). The first-order valence-electron chi connectivity index (χ1n) is 10.2. The second kappa shape index (κ2) is 8.57. The molecule has 150 valence electrons. The van der Waals surface area contributed by atoms with E-state index >= 15 is 0 Å². The Bertz CT molecular complexity index is 985. The van der Waals surface area contributed by atoms with Crippen molar-refractivity contribution in [1.29, 1.82) is 0 Å². The molecule has 1 atom stereocenters. The molecule has 1 saturated carbocycles. The smallest absolute Gasteiger partial charge is 0.251 e. The Labute approximate surface area is 170 Å². The minimum Gasteiger partial charge on any atom is -0.393 e. The number of aliphatic hydroxyl groups excluding tert-OH is 1. The van der Waals surface area contributed by atoms with Crippen molar-refractivity contribution in [2.24, 2.45) is 0 Å². The van der Waals surface area contributed by atoms with Crippen molar-refractivity contribution in [3.8, 4) is 0 Å². The van der Waals surface area contributed by atoms with Crippen molar-refractivity contribution in [3.63, 3.8) is 0 Å². The van der Waals surface area contributed by atoms with Gasteiger partial charge in [-0.3, -0.25) is 4.79 Å². The summed E-state index contributed by atoms with van der Waals surface area (Å²) in [4.78, 5) is 21.7. The van der Waals surface area contributed by atoms with Gasteiger partial charge in [-0.05, 0) is 50.3 Å². The summed E-state index contributed by atoms with van der Waals surface area (Å²) in [6, 6.07) is 15.6. The minimum atomic E-state index is -0.190. The molecule has 0 radical (unpaired) electrons. The van der Waals surface area contributed by atoms with Crippen molar-refractivity contribution >= 4 is 22.8 Å². The Balaban J connectivity index is 1.48. The van der Waals surface area contributed by atoms with Gasteiger partial charge < -0.3 is 15.7 Å². The quantitative estimate of drug-likeness (QED) is 0.616. The van der Waals surface area contributed by atoms with Crippen molar-refractivity contribution < 1.29 is 9.90 Å². The monoisotopic (exact) mass is 390 g/mol. The van der Waals surface area contributed by atoms with E-state index in [2.05, 4.69) is 20.6 Å². The molecule has 0 spiro atoms. The van der Waals surface area contributed by atoms with Gasteiger partial charge in [-0.2, -0.15) is 0 Å². The number of rotatable bonds is 5. The van der Waals surface area contributed by atoms with Gasteiger partial charge in [0.25, 0.3) is 5.91 Å². The maximum absolute atomic E-state index is 12.7. The predicted octanol–water partition coefficient (Wildman–Crippen LogP) is 3.84. The Morgan fingerprint density at radius 3 is 2.62 bits per heavy atom. The van der Waals surface area contributed by atoms with E-state index in [0.29, 0.717) is 11.5 Å². The number of carbonyl (C=O) groups excluding carboxylic acids is 1. The first-order chi connectivity index (χ1) is 14.1. The van der Waals surface area contributed by atoms with E-state index in [4.69, 9.17) is 0 Å². The molecule has 1 aliphatic carbocycles. The van der Waals surface area contributed by atoms with Crippen LogP contribution in [0.3, 0.4) is 0 Å². The summed E-state index contributed by atoms with van der Waals surface area (Å²) in [5, 5.41) is 16.9. The topological polar surface area (TPSA) is 87.1 Å². The number of anilines is 1. The number of fused-ring (bicyclic) bond motifs is 1. The zero-order valence-corrected chi connectivity index (χ0v) is 16.5. The van der Waals surface area contributed by atoms with Gasteiger partial charge in [0.15, 0.2) is 0 Å². The molecule has 1 heterocycles. The van der Waals surface area contributed by atoms with Crippen LogP contribution in [0.25, 0.3) is 10.9 Å². The molecule has 1 fully saturated rings. The zero-order valence-electron chi connectivity index (χ0n) is 16.5. The van der Waals surface area contributed by atoms with Crippen molar-refractivity contribution in [2.75, 3.05) is 5.32 Å². The lowest BCUT2D eigenvalue weighted by Gasteiger charge is -2.26. The number of nitrogens with zero attached hydrogens (tertiary/aromatic N) is 2. The lowest BCUT2D eigenvalue weighted by Crippen LogP contribution is -2.29. The molecule has 0 unspecified atom stereocenters. The van der Waals surface area contributed by atoms with Crippen LogP contribution < -0.4 is 10.6 Å². The molecule has 6 nitrogen and oxygen atoms in total. The van der Waals surface area contributed by atoms with Gasteiger partial charge in [-0.1, -0.05) is 36.4 Å². The molecule has 1 amide bonds. The summed E-state index contributed by atoms with van der Waals surface area (Å²) in [6.45, 7) is 1.97. The summed E-state index contributed by atoms with van der Waals surface area (Å²) in [5.41, 5.74) is 2.37. The maximum Gasteiger partial charge on any atom is 0.251 e. The average molecular weight is 390 g/mol. The SMILES string of the molecule is C[C@@H](NC(=O)c1ccc2cnc(NC3CCC(O)CC3)nc2c1)c1ccccc1. The average Bonchev–Trinajstić information content (AvgIpc) is 2.75. The first kappa shape index (κ1) is 19.3. The standard InChI is InChI=1S/C23H26N4O2/c1-15(16-5-3-2-4-6-16)25-22(29)17-7-8-18-14-24-23(27-21(18)13-17)26-19-9-11-20(28)12-10-19/h2-8,13-15,19-20,28H,9-12H2,1H3,(H,25,29)(H,24,26,27)/t15-,19?,20?/m1/s1. The predicted molar refractivity (Wildman–Crippen MR) is 114 cm³/mol. The highest BCUT2D eigenvalue weighted by Gasteiger charge is 2.20. The Kier molecular flexibility index (Phi) is 5.71. The molecule has 3 aromatic rings. The van der Waals surface area contributed by atoms with Crippen molar-refractivity contribution in [1.82, 2.24) is 15.3 Å². The molecule has 1 aromatic heterocycles. The molecule has 0 bridgehead atoms. The number of carbonyl (C=O) groups is 1. The minimum absolute atomic E-state index is 0.0799. The summed E-state index contributed by atoms with van der Waals surface area (Å²) >= 11 is 0. The number of hydrogen-bond acceptors (Lipinski definition) is 5. The second-order valence-corrected chi connectivity index (χ2v) is 7.72. The number of amides is 1. The van der Waals surface area contributed by atoms with E-state index in [1.807, 2.05) is 43.3 Å². The van der Waals surface area contributed by atoms with Gasteiger partial charge in [0, 0.05) is 23.2 Å². The lowest BCUT2D eigenvalue weighted by molar-refractivity contribution is 0.0940. The zero-order chi connectivity index (χ0) is 20.2. The fraction of sp³-hybridized carbons (Fsp3) is 0.348. The van der Waals surface area contributed by atoms with E-state index in [1.54, 1.807) is 18.3 Å². The van der Waals surface area contributed by atoms with Crippen LogP contribution in [0, 0.1) is 0 Å². The van der Waals surface area contributed by atoms with Crippen LogP contribution in [-0.2, 0) is 0 Å². The van der Waals surface area contributed by atoms with Crippen LogP contribution in [0.5, 0.6) is 0 Å². The third-order valence-electron chi connectivity index (χ3n) is 5.52. The van der Waals surface area contributed by atoms with E-state index in [9.17, 15) is 9.90 Å².